The van der Waals surface area contributed by atoms with Crippen molar-refractivity contribution in [1.29, 1.82) is 0 Å². The van der Waals surface area contributed by atoms with Crippen molar-refractivity contribution in [2.75, 3.05) is 9.80 Å². The smallest absolute Gasteiger partial charge is 0.252 e. The molecule has 17 aromatic carbocycles. The fourth-order valence-electron chi connectivity index (χ4n) is 18.1. The lowest BCUT2D eigenvalue weighted by atomic mass is 9.33. The van der Waals surface area contributed by atoms with Gasteiger partial charge in [-0.05, 0) is 181 Å². The van der Waals surface area contributed by atoms with Crippen LogP contribution in [-0.2, 0) is 5.41 Å². The number of hydrogen-bond donors (Lipinski definition) is 0. The van der Waals surface area contributed by atoms with Gasteiger partial charge in [-0.2, -0.15) is 0 Å². The van der Waals surface area contributed by atoms with Gasteiger partial charge < -0.3 is 23.5 Å². The zero-order chi connectivity index (χ0) is 81.2. The van der Waals surface area contributed by atoms with Gasteiger partial charge in [0.15, 0.2) is 0 Å². The summed E-state index contributed by atoms with van der Waals surface area (Å²) in [5.74, 6) is 0. The van der Waals surface area contributed by atoms with Crippen molar-refractivity contribution in [1.82, 2.24) is 13.7 Å². The van der Waals surface area contributed by atoms with E-state index in [4.69, 9.17) is 2.74 Å². The van der Waals surface area contributed by atoms with Crippen molar-refractivity contribution in [2.24, 2.45) is 0 Å². The van der Waals surface area contributed by atoms with Crippen molar-refractivity contribution >= 4 is 123 Å². The highest BCUT2D eigenvalue weighted by atomic mass is 15.2. The number of rotatable bonds is 11. The lowest BCUT2D eigenvalue weighted by Crippen LogP contribution is -2.61. The second-order valence-corrected chi connectivity index (χ2v) is 30.5. The molecule has 0 amide bonds. The molecule has 0 unspecified atom stereocenters. The third kappa shape index (κ3) is 10.3. The number of hydrogen-bond acceptors (Lipinski definition) is 2. The first kappa shape index (κ1) is 57.0. The van der Waals surface area contributed by atoms with Crippen LogP contribution in [0, 0.1) is 0 Å². The molecule has 5 heterocycles. The normalized spacial score (nSPS) is 13.5. The van der Waals surface area contributed by atoms with Crippen LogP contribution in [0.15, 0.2) is 394 Å². The van der Waals surface area contributed by atoms with Crippen molar-refractivity contribution in [3.63, 3.8) is 0 Å². The van der Waals surface area contributed by atoms with Crippen LogP contribution in [0.2, 0.25) is 0 Å². The van der Waals surface area contributed by atoms with Gasteiger partial charge in [-0.1, -0.05) is 306 Å². The summed E-state index contributed by atoms with van der Waals surface area (Å²) in [6, 6.07) is 121. The van der Waals surface area contributed by atoms with Crippen molar-refractivity contribution in [3.8, 4) is 83.8 Å². The van der Waals surface area contributed by atoms with Gasteiger partial charge in [0.1, 0.15) is 0 Å². The molecule has 0 atom stereocenters. The molecule has 6 heteroatoms. The highest BCUT2D eigenvalue weighted by molar-refractivity contribution is 7.00. The Hall–Kier alpha value is -14.2. The van der Waals surface area contributed by atoms with Gasteiger partial charge in [-0.15, -0.1) is 0 Å². The van der Waals surface area contributed by atoms with E-state index < -0.39 is 48.4 Å². The second kappa shape index (κ2) is 25.7. The highest BCUT2D eigenvalue weighted by Crippen LogP contribution is 2.56. The molecular formula is C106H74BN5. The lowest BCUT2D eigenvalue weighted by molar-refractivity contribution is 0.590. The number of anilines is 6. The molecule has 0 N–H and O–H groups in total. The quantitative estimate of drug-likeness (QED) is 0.120. The Kier molecular flexibility index (Phi) is 13.1. The minimum Gasteiger partial charge on any atom is -0.310 e. The molecule has 0 aliphatic carbocycles. The topological polar surface area (TPSA) is 21.3 Å². The van der Waals surface area contributed by atoms with Gasteiger partial charge in [-0.3, -0.25) is 0 Å². The van der Waals surface area contributed by atoms with E-state index in [1.807, 2.05) is 12.1 Å². The molecule has 0 radical (unpaired) electrons. The number of benzene rings is 17. The molecular weight excluding hydrogens is 1350 g/mol. The summed E-state index contributed by atoms with van der Waals surface area (Å²) in [4.78, 5) is 5.06. The third-order valence-corrected chi connectivity index (χ3v) is 23.2. The summed E-state index contributed by atoms with van der Waals surface area (Å²) < 4.78 is 82.8. The van der Waals surface area contributed by atoms with Crippen LogP contribution in [0.4, 0.5) is 34.1 Å². The summed E-state index contributed by atoms with van der Waals surface area (Å²) >= 11 is 0. The number of para-hydroxylation sites is 5. The van der Waals surface area contributed by atoms with Crippen LogP contribution in [0.1, 0.15) is 37.3 Å². The SMILES string of the molecule is [2H]c1c([2H])c([2H])c2c(c1[2H])c1c([2H])c([2H])c([2H])c([2H])c1n2-c1ccc2c(c1)N(c1c(-c3ccccc3)cc(-c3ccccc3)cc1-c1ccccc1)c1cc(C(C)(C)C)cc3c1B2c1ccc(-n2c4ccccc4c4cc5c(cc42)c2ccccc2n5-c2ccccc2)cc1N3c1c(-c2ccccc2)cc(-c2ccccc2)cc1-c1ccccc1. The molecule has 0 fully saturated rings. The first-order valence-corrected chi connectivity index (χ1v) is 38.3. The maximum Gasteiger partial charge on any atom is 0.252 e. The summed E-state index contributed by atoms with van der Waals surface area (Å²) in [5.41, 5.74) is 27.8. The number of fused-ring (bicyclic) bond motifs is 13. The summed E-state index contributed by atoms with van der Waals surface area (Å²) in [5, 5.41) is 4.50. The van der Waals surface area contributed by atoms with E-state index >= 15 is 0 Å². The molecule has 5 nitrogen and oxygen atoms in total. The van der Waals surface area contributed by atoms with E-state index in [2.05, 4.69) is 373 Å². The Morgan fingerprint density at radius 3 is 0.964 bits per heavy atom. The molecule has 22 rings (SSSR count). The predicted molar refractivity (Wildman–Crippen MR) is 475 cm³/mol. The third-order valence-electron chi connectivity index (χ3n) is 23.2. The zero-order valence-electron chi connectivity index (χ0n) is 69.7. The van der Waals surface area contributed by atoms with E-state index in [1.54, 1.807) is 4.57 Å². The number of nitrogens with zero attached hydrogens (tertiary/aromatic N) is 5. The van der Waals surface area contributed by atoms with Gasteiger partial charge in [0.2, 0.25) is 0 Å². The first-order chi connectivity index (χ1) is 58.6. The molecule has 3 aromatic heterocycles. The van der Waals surface area contributed by atoms with E-state index in [9.17, 15) is 8.22 Å². The molecule has 0 bridgehead atoms. The average Bonchev–Trinajstić information content (AvgIpc) is 0.815. The van der Waals surface area contributed by atoms with Crippen LogP contribution in [0.25, 0.3) is 149 Å². The second-order valence-electron chi connectivity index (χ2n) is 30.5. The first-order valence-electron chi connectivity index (χ1n) is 42.3. The average molecular weight is 1440 g/mol. The summed E-state index contributed by atoms with van der Waals surface area (Å²) in [6.45, 7) is 6.32. The maximum atomic E-state index is 9.95. The van der Waals surface area contributed by atoms with Gasteiger partial charge >= 0.3 is 0 Å². The van der Waals surface area contributed by atoms with Crippen LogP contribution >= 0.6 is 0 Å². The Morgan fingerprint density at radius 1 is 0.250 bits per heavy atom. The Labute approximate surface area is 663 Å². The Balaban J connectivity index is 0.923. The largest absolute Gasteiger partial charge is 0.310 e. The van der Waals surface area contributed by atoms with Crippen molar-refractivity contribution < 1.29 is 11.0 Å². The van der Waals surface area contributed by atoms with Gasteiger partial charge in [-0.25, -0.2) is 0 Å². The standard InChI is InChI=1S/C106H74BN5/c1-106(2,3)77-63-101-103-102(64-77)112(105-87(73-41-19-8-20-42-73)61-76(70-35-13-5-14-36-70)62-88(105)74-43-21-9-22-44-74)100-66-80(110-96-54-32-28-50-84(96)90-67-97-89(68-98(90)110)83-49-27-31-53-95(83)108(97)78-45-23-10-24-46-78)56-58-92(100)107(103)91-57-55-79(109-93-51-29-25-47-81(93)82-48-26-30-52-94(82)109)65-99(91)111(101)104-85(71-37-15-6-16-38-71)59-75(69-33-11-4-12-34-69)60-86(104)72-39-17-7-18-40-72/h4-68H,1-3H3/i25D,26D,29D,30D,47D,48D,51D,52D. The van der Waals surface area contributed by atoms with Crippen LogP contribution in [-0.4, -0.2) is 20.4 Å². The molecule has 0 saturated heterocycles. The Bertz CT molecular complexity index is 7460. The van der Waals surface area contributed by atoms with Crippen LogP contribution in [0.5, 0.6) is 0 Å². The summed E-state index contributed by atoms with van der Waals surface area (Å²) in [6.07, 6.45) is 0. The van der Waals surface area contributed by atoms with Crippen molar-refractivity contribution in [2.45, 2.75) is 26.2 Å². The lowest BCUT2D eigenvalue weighted by Gasteiger charge is -2.46. The van der Waals surface area contributed by atoms with Gasteiger partial charge in [0, 0.05) is 94.4 Å². The van der Waals surface area contributed by atoms with Gasteiger partial charge in [0.25, 0.3) is 6.71 Å². The molecule has 2 aliphatic rings. The molecule has 0 spiro atoms. The minimum atomic E-state index is -0.549. The van der Waals surface area contributed by atoms with E-state index in [1.165, 1.54) is 0 Å². The summed E-state index contributed by atoms with van der Waals surface area (Å²) in [7, 11) is 0. The highest BCUT2D eigenvalue weighted by Gasteiger charge is 2.47. The Morgan fingerprint density at radius 2 is 0.580 bits per heavy atom. The van der Waals surface area contributed by atoms with Crippen LogP contribution < -0.4 is 26.2 Å². The van der Waals surface area contributed by atoms with Crippen molar-refractivity contribution in [3.05, 3.63) is 400 Å². The zero-order valence-corrected chi connectivity index (χ0v) is 61.7. The molecule has 526 valence electrons. The molecule has 0 saturated carbocycles. The fraction of sp³-hybridized carbons (Fsp3) is 0.0377. The minimum absolute atomic E-state index is 0.00173. The fourth-order valence-corrected chi connectivity index (χ4v) is 18.1. The molecule has 2 aliphatic heterocycles. The van der Waals surface area contributed by atoms with Gasteiger partial charge in [0.05, 0.1) is 55.4 Å². The van der Waals surface area contributed by atoms with E-state index in [-0.39, 0.29) is 33.9 Å². The molecule has 112 heavy (non-hydrogen) atoms. The maximum absolute atomic E-state index is 9.95. The van der Waals surface area contributed by atoms with E-state index in [0.29, 0.717) is 5.69 Å². The monoisotopic (exact) mass is 1440 g/mol. The molecule has 20 aromatic rings. The predicted octanol–water partition coefficient (Wildman–Crippen LogP) is 26.4. The van der Waals surface area contributed by atoms with Crippen LogP contribution in [0.3, 0.4) is 0 Å². The number of aromatic nitrogens is 3. The van der Waals surface area contributed by atoms with E-state index in [0.717, 1.165) is 178 Å².